The number of piperidine rings is 1. The summed E-state index contributed by atoms with van der Waals surface area (Å²) in [5.74, 6) is -0.0337. The quantitative estimate of drug-likeness (QED) is 0.800. The molecule has 2 rings (SSSR count). The van der Waals surface area contributed by atoms with E-state index in [4.69, 9.17) is 18.0 Å². The summed E-state index contributed by atoms with van der Waals surface area (Å²) < 4.78 is 0. The maximum absolute atomic E-state index is 12.3. The van der Waals surface area contributed by atoms with Gasteiger partial charge in [0.1, 0.15) is 4.99 Å². The number of thiocarbonyl (C=S) groups is 1. The third-order valence-corrected chi connectivity index (χ3v) is 3.76. The zero-order valence-corrected chi connectivity index (χ0v) is 11.7. The second kappa shape index (κ2) is 5.27. The first-order valence-electron chi connectivity index (χ1n) is 6.31. The van der Waals surface area contributed by atoms with Gasteiger partial charge in [0, 0.05) is 24.2 Å². The van der Waals surface area contributed by atoms with Crippen LogP contribution in [0.1, 0.15) is 35.7 Å². The number of benzene rings is 1. The molecule has 5 heteroatoms. The molecule has 1 saturated heterocycles. The molecule has 0 saturated carbocycles. The van der Waals surface area contributed by atoms with Crippen LogP contribution in [0.4, 0.5) is 0 Å². The fourth-order valence-electron chi connectivity index (χ4n) is 2.18. The number of carbonyl (C=O) groups excluding carboxylic acids is 1. The summed E-state index contributed by atoms with van der Waals surface area (Å²) in [4.78, 5) is 14.4. The van der Waals surface area contributed by atoms with Crippen LogP contribution in [-0.4, -0.2) is 39.6 Å². The molecule has 0 aliphatic carbocycles. The Hall–Kier alpha value is -1.46. The molecule has 1 fully saturated rings. The normalized spacial score (nSPS) is 18.1. The first kappa shape index (κ1) is 14.0. The van der Waals surface area contributed by atoms with Crippen LogP contribution in [0.15, 0.2) is 24.3 Å². The van der Waals surface area contributed by atoms with E-state index in [9.17, 15) is 9.90 Å². The number of hydrogen-bond acceptors (Lipinski definition) is 3. The molecule has 0 atom stereocenters. The molecule has 3 N–H and O–H groups in total. The van der Waals surface area contributed by atoms with Crippen LogP contribution in [-0.2, 0) is 0 Å². The Labute approximate surface area is 118 Å². The summed E-state index contributed by atoms with van der Waals surface area (Å²) in [5.41, 5.74) is 6.20. The van der Waals surface area contributed by atoms with Gasteiger partial charge in [-0.1, -0.05) is 24.4 Å². The van der Waals surface area contributed by atoms with Crippen molar-refractivity contribution < 1.29 is 9.90 Å². The van der Waals surface area contributed by atoms with Gasteiger partial charge >= 0.3 is 0 Å². The molecule has 4 nitrogen and oxygen atoms in total. The molecule has 0 unspecified atom stereocenters. The average molecular weight is 278 g/mol. The van der Waals surface area contributed by atoms with Gasteiger partial charge in [-0.3, -0.25) is 4.79 Å². The Balaban J connectivity index is 2.12. The van der Waals surface area contributed by atoms with Crippen LogP contribution in [0.5, 0.6) is 0 Å². The topological polar surface area (TPSA) is 66.6 Å². The van der Waals surface area contributed by atoms with E-state index in [1.807, 2.05) is 6.92 Å². The van der Waals surface area contributed by atoms with Gasteiger partial charge in [-0.2, -0.15) is 0 Å². The molecule has 1 aromatic rings. The predicted octanol–water partition coefficient (Wildman–Crippen LogP) is 1.31. The van der Waals surface area contributed by atoms with Crippen molar-refractivity contribution in [2.24, 2.45) is 5.73 Å². The SMILES string of the molecule is CC1(O)CCN(C(=O)c2cccc(C(N)=S)c2)CC1. The molecule has 1 amide bonds. The number of amides is 1. The zero-order valence-electron chi connectivity index (χ0n) is 10.9. The van der Waals surface area contributed by atoms with Crippen LogP contribution < -0.4 is 5.73 Å². The van der Waals surface area contributed by atoms with Crippen molar-refractivity contribution in [1.82, 2.24) is 4.90 Å². The van der Waals surface area contributed by atoms with Gasteiger partial charge in [-0.05, 0) is 31.9 Å². The number of likely N-dealkylation sites (tertiary alicyclic amines) is 1. The standard InChI is InChI=1S/C14H18N2O2S/c1-14(18)5-7-16(8-6-14)13(17)11-4-2-3-10(9-11)12(15)19/h2-4,9,18H,5-8H2,1H3,(H2,15,19). The molecule has 1 heterocycles. The maximum Gasteiger partial charge on any atom is 0.253 e. The molecule has 19 heavy (non-hydrogen) atoms. The number of rotatable bonds is 2. The Morgan fingerprint density at radius 2 is 1.95 bits per heavy atom. The van der Waals surface area contributed by atoms with Crippen LogP contribution in [0.3, 0.4) is 0 Å². The number of hydrogen-bond donors (Lipinski definition) is 2. The van der Waals surface area contributed by atoms with E-state index in [1.165, 1.54) is 0 Å². The fourth-order valence-corrected chi connectivity index (χ4v) is 2.31. The highest BCUT2D eigenvalue weighted by Gasteiger charge is 2.29. The minimum Gasteiger partial charge on any atom is -0.390 e. The molecule has 1 aromatic carbocycles. The van der Waals surface area contributed by atoms with E-state index in [0.717, 1.165) is 0 Å². The van der Waals surface area contributed by atoms with Gasteiger partial charge in [-0.15, -0.1) is 0 Å². The Kier molecular flexibility index (Phi) is 3.87. The molecule has 0 spiro atoms. The number of aliphatic hydroxyl groups is 1. The summed E-state index contributed by atoms with van der Waals surface area (Å²) in [6, 6.07) is 7.05. The van der Waals surface area contributed by atoms with E-state index in [1.54, 1.807) is 29.2 Å². The van der Waals surface area contributed by atoms with Crippen molar-refractivity contribution >= 4 is 23.1 Å². The van der Waals surface area contributed by atoms with Crippen LogP contribution >= 0.6 is 12.2 Å². The Morgan fingerprint density at radius 1 is 1.37 bits per heavy atom. The molecular weight excluding hydrogens is 260 g/mol. The van der Waals surface area contributed by atoms with E-state index < -0.39 is 5.60 Å². The first-order valence-corrected chi connectivity index (χ1v) is 6.71. The molecule has 102 valence electrons. The lowest BCUT2D eigenvalue weighted by Crippen LogP contribution is -2.45. The van der Waals surface area contributed by atoms with Crippen molar-refractivity contribution in [3.8, 4) is 0 Å². The molecule has 1 aliphatic rings. The first-order chi connectivity index (χ1) is 8.89. The molecule has 0 radical (unpaired) electrons. The van der Waals surface area contributed by atoms with Gasteiger partial charge in [0.2, 0.25) is 0 Å². The minimum absolute atomic E-state index is 0.0337. The second-order valence-electron chi connectivity index (χ2n) is 5.23. The van der Waals surface area contributed by atoms with E-state index in [2.05, 4.69) is 0 Å². The average Bonchev–Trinajstić information content (AvgIpc) is 2.38. The number of carbonyl (C=O) groups is 1. The summed E-state index contributed by atoms with van der Waals surface area (Å²) in [6.07, 6.45) is 1.21. The molecule has 0 bridgehead atoms. The highest BCUT2D eigenvalue weighted by molar-refractivity contribution is 7.80. The highest BCUT2D eigenvalue weighted by Crippen LogP contribution is 2.22. The third kappa shape index (κ3) is 3.30. The summed E-state index contributed by atoms with van der Waals surface area (Å²) in [6.45, 7) is 2.95. The number of nitrogens with zero attached hydrogens (tertiary/aromatic N) is 1. The third-order valence-electron chi connectivity index (χ3n) is 3.52. The van der Waals surface area contributed by atoms with Crippen molar-refractivity contribution in [3.05, 3.63) is 35.4 Å². The zero-order chi connectivity index (χ0) is 14.0. The summed E-state index contributed by atoms with van der Waals surface area (Å²) in [7, 11) is 0. The predicted molar refractivity (Wildman–Crippen MR) is 78.1 cm³/mol. The smallest absolute Gasteiger partial charge is 0.253 e. The van der Waals surface area contributed by atoms with Crippen molar-refractivity contribution in [1.29, 1.82) is 0 Å². The fraction of sp³-hybridized carbons (Fsp3) is 0.429. The van der Waals surface area contributed by atoms with Gasteiger partial charge < -0.3 is 15.7 Å². The second-order valence-corrected chi connectivity index (χ2v) is 5.67. The lowest BCUT2D eigenvalue weighted by atomic mass is 9.93. The van der Waals surface area contributed by atoms with E-state index >= 15 is 0 Å². The summed E-state index contributed by atoms with van der Waals surface area (Å²) >= 11 is 4.91. The lowest BCUT2D eigenvalue weighted by Gasteiger charge is -2.35. The largest absolute Gasteiger partial charge is 0.390 e. The monoisotopic (exact) mass is 278 g/mol. The maximum atomic E-state index is 12.3. The van der Waals surface area contributed by atoms with Gasteiger partial charge in [0.15, 0.2) is 0 Å². The molecule has 0 aromatic heterocycles. The van der Waals surface area contributed by atoms with Crippen LogP contribution in [0.2, 0.25) is 0 Å². The van der Waals surface area contributed by atoms with Crippen molar-refractivity contribution in [2.75, 3.05) is 13.1 Å². The van der Waals surface area contributed by atoms with Crippen molar-refractivity contribution in [2.45, 2.75) is 25.4 Å². The molecular formula is C14H18N2O2S. The van der Waals surface area contributed by atoms with Gasteiger partial charge in [-0.25, -0.2) is 0 Å². The van der Waals surface area contributed by atoms with Crippen LogP contribution in [0.25, 0.3) is 0 Å². The van der Waals surface area contributed by atoms with E-state index in [-0.39, 0.29) is 10.9 Å². The van der Waals surface area contributed by atoms with Gasteiger partial charge in [0.25, 0.3) is 5.91 Å². The Morgan fingerprint density at radius 3 is 2.53 bits per heavy atom. The van der Waals surface area contributed by atoms with Crippen molar-refractivity contribution in [3.63, 3.8) is 0 Å². The van der Waals surface area contributed by atoms with Gasteiger partial charge in [0.05, 0.1) is 5.60 Å². The minimum atomic E-state index is -0.655. The molecule has 1 aliphatic heterocycles. The van der Waals surface area contributed by atoms with Crippen LogP contribution in [0, 0.1) is 0 Å². The summed E-state index contributed by atoms with van der Waals surface area (Å²) in [5, 5.41) is 9.89. The van der Waals surface area contributed by atoms with E-state index in [0.29, 0.717) is 37.1 Å². The highest BCUT2D eigenvalue weighted by atomic mass is 32.1. The Bertz CT molecular complexity index is 504. The lowest BCUT2D eigenvalue weighted by molar-refractivity contribution is -0.00202. The number of nitrogens with two attached hydrogens (primary N) is 1.